The van der Waals surface area contributed by atoms with E-state index in [9.17, 15) is 18.0 Å². The molecule has 0 fully saturated rings. The Morgan fingerprint density at radius 2 is 2.13 bits per heavy atom. The second kappa shape index (κ2) is 6.42. The van der Waals surface area contributed by atoms with E-state index in [0.29, 0.717) is 0 Å². The average Bonchev–Trinajstić information content (AvgIpc) is 2.48. The topological polar surface area (TPSA) is 47.8 Å². The highest BCUT2D eigenvalue weighted by molar-refractivity contribution is 6.29. The molecular formula is C15H11ClF3N3O. The minimum Gasteiger partial charge on any atom is -0.281 e. The summed E-state index contributed by atoms with van der Waals surface area (Å²) in [5.41, 5.74) is -2.21. The summed E-state index contributed by atoms with van der Waals surface area (Å²) < 4.78 is 40.7. The first-order valence-corrected chi connectivity index (χ1v) is 6.93. The lowest BCUT2D eigenvalue weighted by Gasteiger charge is -2.16. The number of pyridine rings is 1. The summed E-state index contributed by atoms with van der Waals surface area (Å²) in [6.45, 7) is 1.25. The standard InChI is InChI=1S/C15H11ClF3N3O/c1-3-7-22-13(9-5-6-20-11(16)8-9)21-12(15(17,18)19)10(4-2)14(22)23/h1,5-6,8H,4,7H2,2H3. The zero-order valence-electron chi connectivity index (χ0n) is 12.0. The third-order valence-corrected chi connectivity index (χ3v) is 3.33. The number of aromatic nitrogens is 3. The molecule has 2 heterocycles. The smallest absolute Gasteiger partial charge is 0.281 e. The molecular weight excluding hydrogens is 331 g/mol. The molecule has 0 radical (unpaired) electrons. The summed E-state index contributed by atoms with van der Waals surface area (Å²) in [6.07, 6.45) is 1.68. The quantitative estimate of drug-likeness (QED) is 0.636. The first kappa shape index (κ1) is 17.0. The van der Waals surface area contributed by atoms with Crippen LogP contribution in [-0.4, -0.2) is 14.5 Å². The number of rotatable bonds is 3. The maximum Gasteiger partial charge on any atom is 0.433 e. The van der Waals surface area contributed by atoms with Gasteiger partial charge in [-0.25, -0.2) is 9.97 Å². The monoisotopic (exact) mass is 341 g/mol. The van der Waals surface area contributed by atoms with Crippen molar-refractivity contribution in [3.8, 4) is 23.7 Å². The van der Waals surface area contributed by atoms with Gasteiger partial charge in [0.25, 0.3) is 5.56 Å². The second-order valence-corrected chi connectivity index (χ2v) is 4.96. The molecule has 4 nitrogen and oxygen atoms in total. The van der Waals surface area contributed by atoms with Crippen LogP contribution in [0.4, 0.5) is 13.2 Å². The van der Waals surface area contributed by atoms with E-state index >= 15 is 0 Å². The normalized spacial score (nSPS) is 11.3. The molecule has 8 heteroatoms. The summed E-state index contributed by atoms with van der Waals surface area (Å²) in [6, 6.07) is 2.73. The summed E-state index contributed by atoms with van der Waals surface area (Å²) in [5, 5.41) is 0.0668. The zero-order chi connectivity index (χ0) is 17.2. The summed E-state index contributed by atoms with van der Waals surface area (Å²) in [7, 11) is 0. The SMILES string of the molecule is C#CCn1c(-c2ccnc(Cl)c2)nc(C(F)(F)F)c(CC)c1=O. The lowest BCUT2D eigenvalue weighted by atomic mass is 10.1. The van der Waals surface area contributed by atoms with Crippen molar-refractivity contribution in [2.45, 2.75) is 26.1 Å². The number of hydrogen-bond donors (Lipinski definition) is 0. The van der Waals surface area contributed by atoms with E-state index in [1.54, 1.807) is 0 Å². The van der Waals surface area contributed by atoms with E-state index in [4.69, 9.17) is 18.0 Å². The summed E-state index contributed by atoms with van der Waals surface area (Å²) >= 11 is 5.76. The number of alkyl halides is 3. The van der Waals surface area contributed by atoms with Crippen molar-refractivity contribution in [1.82, 2.24) is 14.5 Å². The van der Waals surface area contributed by atoms with E-state index in [2.05, 4.69) is 15.9 Å². The van der Waals surface area contributed by atoms with Gasteiger partial charge in [0.05, 0.1) is 6.54 Å². The molecule has 0 aliphatic heterocycles. The van der Waals surface area contributed by atoms with Crippen LogP contribution >= 0.6 is 11.6 Å². The highest BCUT2D eigenvalue weighted by atomic mass is 35.5. The van der Waals surface area contributed by atoms with Gasteiger partial charge in [0.1, 0.15) is 11.0 Å². The molecule has 0 aliphatic carbocycles. The summed E-state index contributed by atoms with van der Waals surface area (Å²) in [4.78, 5) is 19.8. The number of hydrogen-bond acceptors (Lipinski definition) is 3. The van der Waals surface area contributed by atoms with Gasteiger partial charge in [-0.05, 0) is 18.6 Å². The van der Waals surface area contributed by atoms with Crippen LogP contribution in [0.2, 0.25) is 5.15 Å². The maximum atomic E-state index is 13.2. The highest BCUT2D eigenvalue weighted by Gasteiger charge is 2.37. The van der Waals surface area contributed by atoms with Crippen LogP contribution in [0, 0.1) is 12.3 Å². The van der Waals surface area contributed by atoms with E-state index in [-0.39, 0.29) is 29.5 Å². The van der Waals surface area contributed by atoms with Crippen LogP contribution in [0.25, 0.3) is 11.4 Å². The Morgan fingerprint density at radius 3 is 2.65 bits per heavy atom. The van der Waals surface area contributed by atoms with Gasteiger partial charge < -0.3 is 0 Å². The fourth-order valence-corrected chi connectivity index (χ4v) is 2.32. The molecule has 120 valence electrons. The molecule has 2 aromatic heterocycles. The van der Waals surface area contributed by atoms with Crippen molar-refractivity contribution in [2.75, 3.05) is 0 Å². The average molecular weight is 342 g/mol. The largest absolute Gasteiger partial charge is 0.433 e. The first-order valence-electron chi connectivity index (χ1n) is 6.55. The molecule has 0 unspecified atom stereocenters. The molecule has 0 N–H and O–H groups in total. The Morgan fingerprint density at radius 1 is 1.43 bits per heavy atom. The van der Waals surface area contributed by atoms with Crippen LogP contribution in [-0.2, 0) is 19.1 Å². The Kier molecular flexibility index (Phi) is 4.76. The maximum absolute atomic E-state index is 13.2. The van der Waals surface area contributed by atoms with Gasteiger partial charge in [-0.3, -0.25) is 9.36 Å². The van der Waals surface area contributed by atoms with Crippen molar-refractivity contribution >= 4 is 11.6 Å². The molecule has 0 amide bonds. The molecule has 0 saturated heterocycles. The Bertz CT molecular complexity index is 837. The number of nitrogens with zero attached hydrogens (tertiary/aromatic N) is 3. The zero-order valence-corrected chi connectivity index (χ0v) is 12.7. The lowest BCUT2D eigenvalue weighted by molar-refractivity contribution is -0.142. The van der Waals surface area contributed by atoms with Crippen molar-refractivity contribution in [3.05, 3.63) is 45.1 Å². The summed E-state index contributed by atoms with van der Waals surface area (Å²) in [5.74, 6) is 2.06. The van der Waals surface area contributed by atoms with Gasteiger partial charge in [-0.2, -0.15) is 13.2 Å². The molecule has 0 atom stereocenters. The van der Waals surface area contributed by atoms with Crippen LogP contribution in [0.1, 0.15) is 18.2 Å². The lowest BCUT2D eigenvalue weighted by Crippen LogP contribution is -2.31. The van der Waals surface area contributed by atoms with Crippen LogP contribution in [0.3, 0.4) is 0 Å². The Balaban J connectivity index is 2.87. The van der Waals surface area contributed by atoms with Crippen LogP contribution < -0.4 is 5.56 Å². The van der Waals surface area contributed by atoms with Crippen molar-refractivity contribution in [2.24, 2.45) is 0 Å². The van der Waals surface area contributed by atoms with E-state index in [0.717, 1.165) is 4.57 Å². The predicted octanol–water partition coefficient (Wildman–Crippen LogP) is 3.17. The van der Waals surface area contributed by atoms with Gasteiger partial charge in [-0.15, -0.1) is 6.42 Å². The minimum absolute atomic E-state index is 0.0668. The van der Waals surface area contributed by atoms with Gasteiger partial charge in [-0.1, -0.05) is 24.4 Å². The van der Waals surface area contributed by atoms with Gasteiger partial charge in [0.2, 0.25) is 0 Å². The second-order valence-electron chi connectivity index (χ2n) is 4.58. The molecule has 0 bridgehead atoms. The van der Waals surface area contributed by atoms with E-state index in [1.165, 1.54) is 25.3 Å². The van der Waals surface area contributed by atoms with Gasteiger partial charge in [0, 0.05) is 17.3 Å². The van der Waals surface area contributed by atoms with Crippen LogP contribution in [0.15, 0.2) is 23.1 Å². The predicted molar refractivity (Wildman–Crippen MR) is 80.0 cm³/mol. The molecule has 23 heavy (non-hydrogen) atoms. The molecule has 2 aromatic rings. The van der Waals surface area contributed by atoms with Crippen molar-refractivity contribution < 1.29 is 13.2 Å². The minimum atomic E-state index is -4.74. The molecule has 0 aromatic carbocycles. The third kappa shape index (κ3) is 3.37. The number of terminal acetylenes is 1. The molecule has 0 aliphatic rings. The van der Waals surface area contributed by atoms with Gasteiger partial charge >= 0.3 is 6.18 Å². The third-order valence-electron chi connectivity index (χ3n) is 3.12. The van der Waals surface area contributed by atoms with Crippen LogP contribution in [0.5, 0.6) is 0 Å². The van der Waals surface area contributed by atoms with E-state index in [1.807, 2.05) is 0 Å². The highest BCUT2D eigenvalue weighted by Crippen LogP contribution is 2.31. The van der Waals surface area contributed by atoms with E-state index < -0.39 is 23.0 Å². The molecule has 0 spiro atoms. The first-order chi connectivity index (χ1) is 10.8. The Labute approximate surface area is 135 Å². The molecule has 2 rings (SSSR count). The van der Waals surface area contributed by atoms with Gasteiger partial charge in [0.15, 0.2) is 5.69 Å². The van der Waals surface area contributed by atoms with Crippen molar-refractivity contribution in [1.29, 1.82) is 0 Å². The number of halogens is 4. The fourth-order valence-electron chi connectivity index (χ4n) is 2.15. The van der Waals surface area contributed by atoms with Crippen molar-refractivity contribution in [3.63, 3.8) is 0 Å². The fraction of sp³-hybridized carbons (Fsp3) is 0.267. The Hall–Kier alpha value is -2.33. The molecule has 0 saturated carbocycles.